The molecule has 1 aliphatic carbocycles. The minimum atomic E-state index is -0.772. The fraction of sp³-hybridized carbons (Fsp3) is 0.667. The van der Waals surface area contributed by atoms with Crippen LogP contribution in [0.25, 0.3) is 0 Å². The number of nitrogens with zero attached hydrogens (tertiary/aromatic N) is 1. The van der Waals surface area contributed by atoms with Gasteiger partial charge < -0.3 is 20.3 Å². The van der Waals surface area contributed by atoms with E-state index in [-0.39, 0.29) is 23.9 Å². The van der Waals surface area contributed by atoms with Gasteiger partial charge in [-0.3, -0.25) is 9.59 Å². The normalized spacial score (nSPS) is 16.1. The minimum Gasteiger partial charge on any atom is -0.444 e. The average Bonchev–Trinajstić information content (AvgIpc) is 3.58. The van der Waals surface area contributed by atoms with Gasteiger partial charge in [-0.1, -0.05) is 43.2 Å². The molecule has 35 heavy (non-hydrogen) atoms. The van der Waals surface area contributed by atoms with Crippen LogP contribution in [0.3, 0.4) is 0 Å². The van der Waals surface area contributed by atoms with E-state index >= 15 is 0 Å². The predicted molar refractivity (Wildman–Crippen MR) is 142 cm³/mol. The molecular weight excluding hydrogens is 462 g/mol. The number of ether oxygens (including phenoxy) is 1. The number of carbonyl (C=O) groups excluding carboxylic acids is 3. The second-order valence-electron chi connectivity index (χ2n) is 10.5. The van der Waals surface area contributed by atoms with Crippen molar-refractivity contribution in [1.82, 2.24) is 15.5 Å². The van der Waals surface area contributed by atoms with Crippen molar-refractivity contribution in [3.05, 3.63) is 35.4 Å². The van der Waals surface area contributed by atoms with E-state index in [1.165, 1.54) is 0 Å². The van der Waals surface area contributed by atoms with Crippen molar-refractivity contribution in [1.29, 1.82) is 0 Å². The summed E-state index contributed by atoms with van der Waals surface area (Å²) >= 11 is 1.61. The highest BCUT2D eigenvalue weighted by atomic mass is 32.2. The molecule has 0 spiro atoms. The van der Waals surface area contributed by atoms with Crippen LogP contribution in [0.15, 0.2) is 24.3 Å². The fourth-order valence-corrected chi connectivity index (χ4v) is 4.57. The lowest BCUT2D eigenvalue weighted by Crippen LogP contribution is -2.54. The van der Waals surface area contributed by atoms with Crippen LogP contribution in [-0.4, -0.2) is 58.5 Å². The third-order valence-corrected chi connectivity index (χ3v) is 6.43. The molecule has 1 aromatic carbocycles. The first kappa shape index (κ1) is 29.0. The van der Waals surface area contributed by atoms with Gasteiger partial charge in [-0.15, -0.1) is 0 Å². The molecule has 1 aliphatic rings. The Hall–Kier alpha value is -2.22. The van der Waals surface area contributed by atoms with Crippen molar-refractivity contribution in [2.75, 3.05) is 12.0 Å². The molecule has 0 saturated heterocycles. The van der Waals surface area contributed by atoms with Crippen molar-refractivity contribution in [2.24, 2.45) is 0 Å². The maximum atomic E-state index is 14.0. The summed E-state index contributed by atoms with van der Waals surface area (Å²) < 4.78 is 5.44. The Morgan fingerprint density at radius 1 is 1.17 bits per heavy atom. The Kier molecular flexibility index (Phi) is 10.9. The van der Waals surface area contributed by atoms with Gasteiger partial charge in [0, 0.05) is 12.1 Å². The molecule has 7 nitrogen and oxygen atoms in total. The lowest BCUT2D eigenvalue weighted by molar-refractivity contribution is -0.143. The maximum Gasteiger partial charge on any atom is 0.408 e. The minimum absolute atomic E-state index is 0.00291. The van der Waals surface area contributed by atoms with E-state index in [0.29, 0.717) is 12.2 Å². The third kappa shape index (κ3) is 9.39. The molecule has 2 N–H and O–H groups in total. The van der Waals surface area contributed by atoms with Gasteiger partial charge in [-0.25, -0.2) is 4.79 Å². The number of alkyl carbamates (subject to hydrolysis) is 1. The second kappa shape index (κ2) is 13.2. The van der Waals surface area contributed by atoms with Crippen molar-refractivity contribution in [3.63, 3.8) is 0 Å². The Bertz CT molecular complexity index is 866. The molecule has 0 heterocycles. The van der Waals surface area contributed by atoms with Gasteiger partial charge in [0.2, 0.25) is 11.8 Å². The van der Waals surface area contributed by atoms with E-state index in [9.17, 15) is 14.4 Å². The van der Waals surface area contributed by atoms with Crippen LogP contribution >= 0.6 is 11.8 Å². The van der Waals surface area contributed by atoms with Gasteiger partial charge in [0.1, 0.15) is 17.7 Å². The number of carbonyl (C=O) groups is 3. The van der Waals surface area contributed by atoms with Gasteiger partial charge in [0.15, 0.2) is 0 Å². The molecule has 3 atom stereocenters. The molecular formula is C27H43N3O4S. The summed E-state index contributed by atoms with van der Waals surface area (Å²) in [5, 5.41) is 5.91. The smallest absolute Gasteiger partial charge is 0.408 e. The highest BCUT2D eigenvalue weighted by Crippen LogP contribution is 2.36. The molecule has 1 aromatic rings. The van der Waals surface area contributed by atoms with Crippen LogP contribution in [0.2, 0.25) is 0 Å². The molecule has 0 radical (unpaired) electrons. The standard InChI is InChI=1S/C27H43N3O4S/c1-8-10-19(3)28-24(31)23(20-12-9-11-18(2)17-20)30(21-13-14-21)25(32)22(15-16-35-7)29-26(33)34-27(4,5)6/h9,11-12,17,19,21-23H,8,10,13-16H2,1-7H3,(H,28,31)(H,29,33). The summed E-state index contributed by atoms with van der Waals surface area (Å²) in [5.41, 5.74) is 1.13. The third-order valence-electron chi connectivity index (χ3n) is 5.79. The number of hydrogen-bond acceptors (Lipinski definition) is 5. The summed E-state index contributed by atoms with van der Waals surface area (Å²) in [6.07, 6.45) is 5.29. The number of hydrogen-bond donors (Lipinski definition) is 2. The van der Waals surface area contributed by atoms with Crippen molar-refractivity contribution in [3.8, 4) is 0 Å². The van der Waals surface area contributed by atoms with Gasteiger partial charge >= 0.3 is 6.09 Å². The Morgan fingerprint density at radius 2 is 1.86 bits per heavy atom. The fourth-order valence-electron chi connectivity index (χ4n) is 4.10. The molecule has 3 unspecified atom stereocenters. The first-order valence-electron chi connectivity index (χ1n) is 12.6. The second-order valence-corrected chi connectivity index (χ2v) is 11.5. The number of benzene rings is 1. The van der Waals surface area contributed by atoms with E-state index in [1.54, 1.807) is 37.4 Å². The van der Waals surface area contributed by atoms with Crippen LogP contribution in [-0.2, 0) is 14.3 Å². The monoisotopic (exact) mass is 505 g/mol. The number of aryl methyl sites for hydroxylation is 1. The average molecular weight is 506 g/mol. The van der Waals surface area contributed by atoms with Crippen LogP contribution < -0.4 is 10.6 Å². The van der Waals surface area contributed by atoms with Gasteiger partial charge in [0.05, 0.1) is 0 Å². The number of amides is 3. The first-order valence-corrected chi connectivity index (χ1v) is 14.0. The number of thioether (sulfide) groups is 1. The lowest BCUT2D eigenvalue weighted by Gasteiger charge is -2.35. The summed E-state index contributed by atoms with van der Waals surface area (Å²) in [5.74, 6) is 0.273. The zero-order chi connectivity index (χ0) is 26.2. The molecule has 1 fully saturated rings. The van der Waals surface area contributed by atoms with E-state index in [1.807, 2.05) is 44.4 Å². The van der Waals surface area contributed by atoms with Crippen LogP contribution in [0, 0.1) is 6.92 Å². The Morgan fingerprint density at radius 3 is 2.40 bits per heavy atom. The van der Waals surface area contributed by atoms with Gasteiger partial charge in [-0.2, -0.15) is 11.8 Å². The van der Waals surface area contributed by atoms with Gasteiger partial charge in [0.25, 0.3) is 0 Å². The molecule has 196 valence electrons. The molecule has 2 rings (SSSR count). The number of nitrogens with one attached hydrogen (secondary N) is 2. The molecule has 0 aliphatic heterocycles. The maximum absolute atomic E-state index is 14.0. The molecule has 8 heteroatoms. The van der Waals surface area contributed by atoms with E-state index in [4.69, 9.17) is 4.74 Å². The molecule has 0 bridgehead atoms. The Balaban J connectivity index is 2.41. The van der Waals surface area contributed by atoms with Crippen LogP contribution in [0.1, 0.15) is 83.9 Å². The summed E-state index contributed by atoms with van der Waals surface area (Å²) in [6.45, 7) is 11.4. The van der Waals surface area contributed by atoms with Crippen LogP contribution in [0.4, 0.5) is 4.79 Å². The highest BCUT2D eigenvalue weighted by Gasteiger charge is 2.44. The van der Waals surface area contributed by atoms with Crippen molar-refractivity contribution < 1.29 is 19.1 Å². The van der Waals surface area contributed by atoms with Crippen LogP contribution in [0.5, 0.6) is 0 Å². The van der Waals surface area contributed by atoms with E-state index in [0.717, 1.165) is 36.8 Å². The van der Waals surface area contributed by atoms with E-state index < -0.39 is 23.8 Å². The molecule has 1 saturated carbocycles. The molecule has 0 aromatic heterocycles. The predicted octanol–water partition coefficient (Wildman–Crippen LogP) is 4.98. The summed E-state index contributed by atoms with van der Waals surface area (Å²) in [4.78, 5) is 42.0. The highest BCUT2D eigenvalue weighted by molar-refractivity contribution is 7.98. The van der Waals surface area contributed by atoms with Crippen molar-refractivity contribution >= 4 is 29.7 Å². The largest absolute Gasteiger partial charge is 0.444 e. The summed E-state index contributed by atoms with van der Waals surface area (Å²) in [6, 6.07) is 6.21. The SMILES string of the molecule is CCCC(C)NC(=O)C(c1cccc(C)c1)N(C(=O)C(CCSC)NC(=O)OC(C)(C)C)C1CC1. The quantitative estimate of drug-likeness (QED) is 0.418. The van der Waals surface area contributed by atoms with E-state index in [2.05, 4.69) is 17.6 Å². The van der Waals surface area contributed by atoms with Gasteiger partial charge in [-0.05, 0) is 77.9 Å². The molecule has 3 amide bonds. The van der Waals surface area contributed by atoms with Crippen molar-refractivity contribution in [2.45, 2.75) is 103 Å². The summed E-state index contributed by atoms with van der Waals surface area (Å²) in [7, 11) is 0. The number of rotatable bonds is 12. The Labute approximate surface area is 215 Å². The zero-order valence-electron chi connectivity index (χ0n) is 22.3. The topological polar surface area (TPSA) is 87.7 Å². The lowest BCUT2D eigenvalue weighted by atomic mass is 9.99. The zero-order valence-corrected chi connectivity index (χ0v) is 23.2. The first-order chi connectivity index (χ1) is 16.5.